The summed E-state index contributed by atoms with van der Waals surface area (Å²) in [6.45, 7) is 3.53. The molecule has 0 saturated carbocycles. The molecule has 0 aliphatic carbocycles. The summed E-state index contributed by atoms with van der Waals surface area (Å²) in [5.41, 5.74) is 0.658. The Morgan fingerprint density at radius 1 is 1.50 bits per heavy atom. The van der Waals surface area contributed by atoms with Crippen LogP contribution in [0, 0.1) is 0 Å². The number of hydrogen-bond acceptors (Lipinski definition) is 3. The maximum absolute atomic E-state index is 10.8. The zero-order valence-electron chi connectivity index (χ0n) is 9.21. The van der Waals surface area contributed by atoms with Crippen molar-refractivity contribution in [3.8, 4) is 0 Å². The van der Waals surface area contributed by atoms with E-state index in [-0.39, 0.29) is 0 Å². The number of nitrogens with zero attached hydrogens (tertiary/aromatic N) is 4. The average Bonchev–Trinajstić information content (AvgIpc) is 2.89. The van der Waals surface area contributed by atoms with Gasteiger partial charge in [-0.05, 0) is 18.6 Å². The van der Waals surface area contributed by atoms with Crippen molar-refractivity contribution < 1.29 is 4.79 Å². The zero-order valence-corrected chi connectivity index (χ0v) is 9.21. The molecule has 0 amide bonds. The van der Waals surface area contributed by atoms with Crippen molar-refractivity contribution in [1.29, 1.82) is 0 Å². The van der Waals surface area contributed by atoms with Gasteiger partial charge >= 0.3 is 0 Å². The molecule has 5 heteroatoms. The van der Waals surface area contributed by atoms with Crippen molar-refractivity contribution in [2.24, 2.45) is 0 Å². The first-order valence-corrected chi connectivity index (χ1v) is 5.32. The van der Waals surface area contributed by atoms with E-state index in [0.717, 1.165) is 25.1 Å². The Morgan fingerprint density at radius 3 is 3.12 bits per heavy atom. The Kier molecular flexibility index (Phi) is 3.14. The lowest BCUT2D eigenvalue weighted by molar-refractivity contribution is 0.111. The highest BCUT2D eigenvalue weighted by molar-refractivity contribution is 5.72. The van der Waals surface area contributed by atoms with Gasteiger partial charge in [0.25, 0.3) is 0 Å². The normalized spacial score (nSPS) is 10.6. The molecule has 0 saturated heterocycles. The second kappa shape index (κ2) is 4.74. The monoisotopic (exact) mass is 218 g/mol. The molecule has 0 aliphatic heterocycles. The van der Waals surface area contributed by atoms with E-state index in [1.807, 2.05) is 21.5 Å². The van der Waals surface area contributed by atoms with Gasteiger partial charge in [0.15, 0.2) is 6.29 Å². The summed E-state index contributed by atoms with van der Waals surface area (Å²) in [7, 11) is 0. The van der Waals surface area contributed by atoms with Crippen LogP contribution in [0.15, 0.2) is 24.7 Å². The fourth-order valence-electron chi connectivity index (χ4n) is 1.64. The smallest absolute Gasteiger partial charge is 0.166 e. The van der Waals surface area contributed by atoms with Gasteiger partial charge in [0.1, 0.15) is 12.2 Å². The van der Waals surface area contributed by atoms with Crippen molar-refractivity contribution in [2.45, 2.75) is 26.4 Å². The lowest BCUT2D eigenvalue weighted by Crippen LogP contribution is -2.11. The fraction of sp³-hybridized carbons (Fsp3) is 0.364. The molecule has 0 atom stereocenters. The number of aryl methyl sites for hydroxylation is 1. The molecular formula is C11H14N4O. The highest BCUT2D eigenvalue weighted by atomic mass is 16.1. The van der Waals surface area contributed by atoms with Crippen molar-refractivity contribution in [3.05, 3.63) is 36.2 Å². The summed E-state index contributed by atoms with van der Waals surface area (Å²) >= 11 is 0. The van der Waals surface area contributed by atoms with Crippen LogP contribution in [0.4, 0.5) is 0 Å². The predicted octanol–water partition coefficient (Wildman–Crippen LogP) is 1.35. The molecule has 16 heavy (non-hydrogen) atoms. The van der Waals surface area contributed by atoms with Gasteiger partial charge in [-0.25, -0.2) is 9.67 Å². The van der Waals surface area contributed by atoms with Crippen LogP contribution in [-0.2, 0) is 13.1 Å². The van der Waals surface area contributed by atoms with E-state index in [0.29, 0.717) is 12.2 Å². The molecule has 2 aromatic rings. The van der Waals surface area contributed by atoms with Crippen molar-refractivity contribution in [1.82, 2.24) is 19.3 Å². The molecule has 0 N–H and O–H groups in total. The highest BCUT2D eigenvalue weighted by Gasteiger charge is 2.06. The van der Waals surface area contributed by atoms with Crippen LogP contribution < -0.4 is 0 Å². The van der Waals surface area contributed by atoms with Crippen molar-refractivity contribution >= 4 is 6.29 Å². The summed E-state index contributed by atoms with van der Waals surface area (Å²) in [5.74, 6) is 0.876. The SMILES string of the molecule is CCCn1ncnc1Cn1cccc1C=O. The fourth-order valence-corrected chi connectivity index (χ4v) is 1.64. The molecule has 2 rings (SSSR count). The molecule has 2 aromatic heterocycles. The van der Waals surface area contributed by atoms with Gasteiger partial charge in [-0.15, -0.1) is 0 Å². The van der Waals surface area contributed by atoms with Gasteiger partial charge in [-0.1, -0.05) is 6.92 Å². The third kappa shape index (κ3) is 2.03. The third-order valence-corrected chi connectivity index (χ3v) is 2.43. The van der Waals surface area contributed by atoms with E-state index < -0.39 is 0 Å². The molecule has 0 spiro atoms. The van der Waals surface area contributed by atoms with Gasteiger partial charge in [0, 0.05) is 12.7 Å². The molecule has 0 unspecified atom stereocenters. The summed E-state index contributed by atoms with van der Waals surface area (Å²) in [6, 6.07) is 3.64. The largest absolute Gasteiger partial charge is 0.338 e. The van der Waals surface area contributed by atoms with Gasteiger partial charge in [-0.2, -0.15) is 5.10 Å². The summed E-state index contributed by atoms with van der Waals surface area (Å²) in [5, 5.41) is 4.15. The maximum atomic E-state index is 10.8. The number of aldehydes is 1. The molecular weight excluding hydrogens is 204 g/mol. The molecule has 84 valence electrons. The topological polar surface area (TPSA) is 52.7 Å². The standard InChI is InChI=1S/C11H14N4O/c1-2-5-15-11(12-9-13-15)7-14-6-3-4-10(14)8-16/h3-4,6,8-9H,2,5,7H2,1H3. The van der Waals surface area contributed by atoms with Crippen molar-refractivity contribution in [2.75, 3.05) is 0 Å². The molecule has 0 aliphatic rings. The Hall–Kier alpha value is -1.91. The lowest BCUT2D eigenvalue weighted by atomic mass is 10.4. The number of rotatable bonds is 5. The molecule has 0 bridgehead atoms. The van der Waals surface area contributed by atoms with Crippen molar-refractivity contribution in [3.63, 3.8) is 0 Å². The quantitative estimate of drug-likeness (QED) is 0.712. The average molecular weight is 218 g/mol. The van der Waals surface area contributed by atoms with Gasteiger partial charge in [0.05, 0.1) is 12.2 Å². The number of carbonyl (C=O) groups is 1. The van der Waals surface area contributed by atoms with E-state index in [9.17, 15) is 4.79 Å². The van der Waals surface area contributed by atoms with Crippen LogP contribution in [0.5, 0.6) is 0 Å². The lowest BCUT2D eigenvalue weighted by Gasteiger charge is -2.06. The maximum Gasteiger partial charge on any atom is 0.166 e. The predicted molar refractivity (Wildman–Crippen MR) is 59.2 cm³/mol. The minimum absolute atomic E-state index is 0.584. The second-order valence-corrected chi connectivity index (χ2v) is 3.58. The Bertz CT molecular complexity index is 472. The first-order chi connectivity index (χ1) is 7.85. The van der Waals surface area contributed by atoms with Crippen LogP contribution in [0.25, 0.3) is 0 Å². The van der Waals surface area contributed by atoms with Crippen LogP contribution >= 0.6 is 0 Å². The highest BCUT2D eigenvalue weighted by Crippen LogP contribution is 2.04. The van der Waals surface area contributed by atoms with Gasteiger partial charge < -0.3 is 4.57 Å². The first kappa shape index (κ1) is 10.6. The first-order valence-electron chi connectivity index (χ1n) is 5.32. The summed E-state index contributed by atoms with van der Waals surface area (Å²) in [6.07, 6.45) is 5.28. The summed E-state index contributed by atoms with van der Waals surface area (Å²) < 4.78 is 3.73. The molecule has 5 nitrogen and oxygen atoms in total. The zero-order chi connectivity index (χ0) is 11.4. The van der Waals surface area contributed by atoms with Crippen LogP contribution in [0.3, 0.4) is 0 Å². The van der Waals surface area contributed by atoms with E-state index >= 15 is 0 Å². The number of hydrogen-bond donors (Lipinski definition) is 0. The minimum atomic E-state index is 0.584. The van der Waals surface area contributed by atoms with Crippen LogP contribution in [0.2, 0.25) is 0 Å². The Labute approximate surface area is 93.7 Å². The van der Waals surface area contributed by atoms with Crippen LogP contribution in [0.1, 0.15) is 29.7 Å². The van der Waals surface area contributed by atoms with E-state index in [4.69, 9.17) is 0 Å². The molecule has 2 heterocycles. The number of carbonyl (C=O) groups excluding carboxylic acids is 1. The van der Waals surface area contributed by atoms with Crippen LogP contribution in [-0.4, -0.2) is 25.6 Å². The van der Waals surface area contributed by atoms with E-state index in [2.05, 4.69) is 17.0 Å². The van der Waals surface area contributed by atoms with E-state index in [1.54, 1.807) is 12.4 Å². The Morgan fingerprint density at radius 2 is 2.38 bits per heavy atom. The molecule has 0 fully saturated rings. The summed E-state index contributed by atoms with van der Waals surface area (Å²) in [4.78, 5) is 15.0. The molecule has 0 radical (unpaired) electrons. The minimum Gasteiger partial charge on any atom is -0.338 e. The van der Waals surface area contributed by atoms with Gasteiger partial charge in [0.2, 0.25) is 0 Å². The Balaban J connectivity index is 2.20. The number of aromatic nitrogens is 4. The second-order valence-electron chi connectivity index (χ2n) is 3.58. The van der Waals surface area contributed by atoms with Gasteiger partial charge in [-0.3, -0.25) is 4.79 Å². The third-order valence-electron chi connectivity index (χ3n) is 2.43. The van der Waals surface area contributed by atoms with E-state index in [1.165, 1.54) is 0 Å². The molecule has 0 aromatic carbocycles.